The van der Waals surface area contributed by atoms with Gasteiger partial charge in [0.15, 0.2) is 0 Å². The second-order valence-electron chi connectivity index (χ2n) is 6.13. The summed E-state index contributed by atoms with van der Waals surface area (Å²) >= 11 is 15.6. The van der Waals surface area contributed by atoms with E-state index in [-0.39, 0.29) is 0 Å². The summed E-state index contributed by atoms with van der Waals surface area (Å²) in [5, 5.41) is 0.886. The Morgan fingerprint density at radius 2 is 1.68 bits per heavy atom. The topological polar surface area (TPSA) is 35.5 Å². The zero-order valence-electron chi connectivity index (χ0n) is 15.0. The molecule has 0 amide bonds. The van der Waals surface area contributed by atoms with Crippen LogP contribution in [0.2, 0.25) is 10.0 Å². The van der Waals surface area contributed by atoms with E-state index in [1.807, 2.05) is 18.2 Å². The molecule has 0 atom stereocenters. The first kappa shape index (κ1) is 20.7. The van der Waals surface area contributed by atoms with Crippen molar-refractivity contribution in [1.29, 1.82) is 0 Å². The van der Waals surface area contributed by atoms with Crippen LogP contribution < -0.4 is 9.47 Å². The Labute approximate surface area is 182 Å². The van der Waals surface area contributed by atoms with Gasteiger partial charge in [0.25, 0.3) is 0 Å². The smallest absolute Gasteiger partial charge is 0.343 e. The molecule has 0 unspecified atom stereocenters. The highest BCUT2D eigenvalue weighted by Gasteiger charge is 2.13. The van der Waals surface area contributed by atoms with E-state index in [1.54, 1.807) is 37.3 Å². The van der Waals surface area contributed by atoms with E-state index < -0.39 is 5.97 Å². The Bertz CT molecular complexity index is 967. The zero-order valence-corrected chi connectivity index (χ0v) is 18.1. The molecule has 0 heterocycles. The van der Waals surface area contributed by atoms with Crippen LogP contribution in [-0.2, 0) is 6.42 Å². The first-order valence-corrected chi connectivity index (χ1v) is 10.1. The Morgan fingerprint density at radius 1 is 1.00 bits per heavy atom. The maximum Gasteiger partial charge on any atom is 0.343 e. The minimum Gasteiger partial charge on any atom is -0.492 e. The molecule has 0 N–H and O–H groups in total. The van der Waals surface area contributed by atoms with Crippen LogP contribution in [0.1, 0.15) is 21.5 Å². The molecule has 28 heavy (non-hydrogen) atoms. The van der Waals surface area contributed by atoms with Gasteiger partial charge >= 0.3 is 5.97 Å². The molecule has 0 spiro atoms. The van der Waals surface area contributed by atoms with Crippen LogP contribution in [-0.4, -0.2) is 12.6 Å². The van der Waals surface area contributed by atoms with Gasteiger partial charge in [-0.3, -0.25) is 0 Å². The van der Waals surface area contributed by atoms with E-state index in [1.165, 1.54) is 5.56 Å². The van der Waals surface area contributed by atoms with Crippen molar-refractivity contribution in [2.75, 3.05) is 6.61 Å². The number of halogens is 3. The molecule has 0 radical (unpaired) electrons. The lowest BCUT2D eigenvalue weighted by Crippen LogP contribution is -2.09. The molecule has 0 fully saturated rings. The van der Waals surface area contributed by atoms with Crippen molar-refractivity contribution >= 4 is 45.1 Å². The van der Waals surface area contributed by atoms with Crippen LogP contribution in [0.15, 0.2) is 65.1 Å². The number of ether oxygens (including phenoxy) is 2. The SMILES string of the molecule is Cc1c(Cl)cc(OC(=O)c2ccc(OCCc3ccccc3)c(Br)c2)cc1Cl. The third-order valence-corrected chi connectivity index (χ3v) is 5.53. The van der Waals surface area contributed by atoms with Crippen molar-refractivity contribution in [3.63, 3.8) is 0 Å². The quantitative estimate of drug-likeness (QED) is 0.284. The van der Waals surface area contributed by atoms with Crippen molar-refractivity contribution < 1.29 is 14.3 Å². The predicted octanol–water partition coefficient (Wildman–Crippen LogP) is 6.91. The van der Waals surface area contributed by atoms with Gasteiger partial charge in [-0.15, -0.1) is 0 Å². The number of benzene rings is 3. The highest BCUT2D eigenvalue weighted by atomic mass is 79.9. The van der Waals surface area contributed by atoms with E-state index in [0.29, 0.717) is 38.2 Å². The lowest BCUT2D eigenvalue weighted by atomic mass is 10.2. The molecule has 6 heteroatoms. The van der Waals surface area contributed by atoms with E-state index >= 15 is 0 Å². The van der Waals surface area contributed by atoms with Crippen LogP contribution in [0.5, 0.6) is 11.5 Å². The summed E-state index contributed by atoms with van der Waals surface area (Å²) in [7, 11) is 0. The molecule has 3 nitrogen and oxygen atoms in total. The number of carbonyl (C=O) groups is 1. The minimum atomic E-state index is -0.507. The second-order valence-corrected chi connectivity index (χ2v) is 7.80. The molecule has 0 aromatic heterocycles. The molecule has 0 aliphatic heterocycles. The van der Waals surface area contributed by atoms with Gasteiger partial charge in [0.2, 0.25) is 0 Å². The molecule has 0 aliphatic carbocycles. The summed E-state index contributed by atoms with van der Waals surface area (Å²) < 4.78 is 11.9. The number of esters is 1. The van der Waals surface area contributed by atoms with Gasteiger partial charge < -0.3 is 9.47 Å². The first-order chi connectivity index (χ1) is 13.4. The molecule has 0 bridgehead atoms. The van der Waals surface area contributed by atoms with E-state index in [4.69, 9.17) is 32.7 Å². The van der Waals surface area contributed by atoms with Crippen LogP contribution >= 0.6 is 39.1 Å². The van der Waals surface area contributed by atoms with Crippen LogP contribution in [0, 0.1) is 6.92 Å². The maximum absolute atomic E-state index is 12.4. The number of hydrogen-bond donors (Lipinski definition) is 0. The lowest BCUT2D eigenvalue weighted by molar-refractivity contribution is 0.0734. The van der Waals surface area contributed by atoms with Gasteiger partial charge in [-0.25, -0.2) is 4.79 Å². The van der Waals surface area contributed by atoms with Crippen molar-refractivity contribution in [3.05, 3.63) is 91.9 Å². The molecule has 144 valence electrons. The average molecular weight is 480 g/mol. The Balaban J connectivity index is 1.63. The Hall–Kier alpha value is -2.01. The highest BCUT2D eigenvalue weighted by Crippen LogP contribution is 2.31. The fourth-order valence-corrected chi connectivity index (χ4v) is 3.48. The Morgan fingerprint density at radius 3 is 2.32 bits per heavy atom. The summed E-state index contributed by atoms with van der Waals surface area (Å²) in [6, 6.07) is 18.3. The van der Waals surface area contributed by atoms with Gasteiger partial charge in [0.1, 0.15) is 11.5 Å². The lowest BCUT2D eigenvalue weighted by Gasteiger charge is -2.11. The molecule has 0 saturated heterocycles. The average Bonchev–Trinajstić information content (AvgIpc) is 2.68. The maximum atomic E-state index is 12.4. The van der Waals surface area contributed by atoms with Crippen molar-refractivity contribution in [2.24, 2.45) is 0 Å². The predicted molar refractivity (Wildman–Crippen MR) is 116 cm³/mol. The first-order valence-electron chi connectivity index (χ1n) is 8.58. The van der Waals surface area contributed by atoms with Gasteiger partial charge in [-0.2, -0.15) is 0 Å². The van der Waals surface area contributed by atoms with Gasteiger partial charge in [0.05, 0.1) is 16.6 Å². The fourth-order valence-electron chi connectivity index (χ4n) is 2.52. The molecular weight excluding hydrogens is 463 g/mol. The standard InChI is InChI=1S/C22H17BrCl2O3/c1-14-19(24)12-17(13-20(14)25)28-22(26)16-7-8-21(18(23)11-16)27-10-9-15-5-3-2-4-6-15/h2-8,11-13H,9-10H2,1H3. The van der Waals surface area contributed by atoms with Crippen molar-refractivity contribution in [1.82, 2.24) is 0 Å². The summed E-state index contributed by atoms with van der Waals surface area (Å²) in [5.41, 5.74) is 2.33. The van der Waals surface area contributed by atoms with Crippen LogP contribution in [0.4, 0.5) is 0 Å². The summed E-state index contributed by atoms with van der Waals surface area (Å²) in [4.78, 5) is 12.4. The molecular formula is C22H17BrCl2O3. The largest absolute Gasteiger partial charge is 0.492 e. The molecule has 0 saturated carbocycles. The minimum absolute atomic E-state index is 0.296. The van der Waals surface area contributed by atoms with Gasteiger partial charge in [0, 0.05) is 16.5 Å². The van der Waals surface area contributed by atoms with E-state index in [9.17, 15) is 4.79 Å². The third kappa shape index (κ3) is 5.28. The Kier molecular flexibility index (Phi) is 7.00. The summed E-state index contributed by atoms with van der Waals surface area (Å²) in [6.45, 7) is 2.33. The van der Waals surface area contributed by atoms with Crippen LogP contribution in [0.25, 0.3) is 0 Å². The summed E-state index contributed by atoms with van der Waals surface area (Å²) in [6.07, 6.45) is 0.798. The molecule has 0 aliphatic rings. The fraction of sp³-hybridized carbons (Fsp3) is 0.136. The van der Waals surface area contributed by atoms with Crippen molar-refractivity contribution in [2.45, 2.75) is 13.3 Å². The zero-order chi connectivity index (χ0) is 20.1. The second kappa shape index (κ2) is 9.46. The van der Waals surface area contributed by atoms with E-state index in [0.717, 1.165) is 12.0 Å². The summed E-state index contributed by atoms with van der Waals surface area (Å²) in [5.74, 6) is 0.450. The van der Waals surface area contributed by atoms with Crippen LogP contribution in [0.3, 0.4) is 0 Å². The number of carbonyl (C=O) groups excluding carboxylic acids is 1. The third-order valence-electron chi connectivity index (χ3n) is 4.12. The number of rotatable bonds is 6. The molecule has 3 rings (SSSR count). The normalized spacial score (nSPS) is 10.6. The monoisotopic (exact) mass is 478 g/mol. The van der Waals surface area contributed by atoms with Gasteiger partial charge in [-0.05, 0) is 64.3 Å². The van der Waals surface area contributed by atoms with E-state index in [2.05, 4.69) is 28.1 Å². The van der Waals surface area contributed by atoms with Gasteiger partial charge in [-0.1, -0.05) is 53.5 Å². The molecule has 3 aromatic carbocycles. The van der Waals surface area contributed by atoms with Crippen molar-refractivity contribution in [3.8, 4) is 11.5 Å². The number of hydrogen-bond acceptors (Lipinski definition) is 3. The highest BCUT2D eigenvalue weighted by molar-refractivity contribution is 9.10. The molecule has 3 aromatic rings.